The summed E-state index contributed by atoms with van der Waals surface area (Å²) >= 11 is 0. The van der Waals surface area contributed by atoms with Crippen LogP contribution in [0, 0.1) is 0 Å². The van der Waals surface area contributed by atoms with E-state index < -0.39 is 0 Å². The fourth-order valence-corrected chi connectivity index (χ4v) is 0. The van der Waals surface area contributed by atoms with E-state index in [0.717, 1.165) is 6.54 Å². The fraction of sp³-hybridized carbons (Fsp3) is 1.00. The Morgan fingerprint density at radius 3 is 1.50 bits per heavy atom. The minimum Gasteiger partial charge on any atom is -0.310 e. The van der Waals surface area contributed by atoms with Gasteiger partial charge in [-0.05, 0) is 20.6 Å². The van der Waals surface area contributed by atoms with Gasteiger partial charge in [-0.3, -0.25) is 0 Å². The minimum atomic E-state index is 0. The highest BCUT2D eigenvalue weighted by molar-refractivity contribution is 5.75. The molecule has 0 aliphatic heterocycles. The number of hydrogen-bond donors (Lipinski definition) is 0. The molecule has 0 unspecified atom stereocenters. The summed E-state index contributed by atoms with van der Waals surface area (Å²) in [6.07, 6.45) is 0. The van der Waals surface area contributed by atoms with Crippen molar-refractivity contribution in [3.63, 3.8) is 0 Å². The van der Waals surface area contributed by atoms with Crippen LogP contribution in [0.25, 0.3) is 0 Å². The van der Waals surface area contributed by atoms with Crippen molar-refractivity contribution in [1.29, 1.82) is 0 Å². The van der Waals surface area contributed by atoms with Crippen LogP contribution in [-0.4, -0.2) is 42.9 Å². The molecule has 35 valence electrons. The Balaban J connectivity index is 0. The summed E-state index contributed by atoms with van der Waals surface area (Å²) in [7, 11) is 4.11. The maximum absolute atomic E-state index is 2.12. The van der Waals surface area contributed by atoms with E-state index in [4.69, 9.17) is 0 Å². The lowest BCUT2D eigenvalue weighted by Crippen LogP contribution is -2.08. The Bertz CT molecular complexity index is 21.5. The molecule has 0 aromatic heterocycles. The van der Waals surface area contributed by atoms with Gasteiger partial charge in [0.2, 0.25) is 0 Å². The van der Waals surface area contributed by atoms with E-state index in [1.165, 1.54) is 0 Å². The molecule has 0 atom stereocenters. The van der Waals surface area contributed by atoms with Crippen molar-refractivity contribution in [1.82, 2.24) is 4.90 Å². The summed E-state index contributed by atoms with van der Waals surface area (Å²) in [5.41, 5.74) is 0. The lowest BCUT2D eigenvalue weighted by atomic mass is 10.7. The average Bonchev–Trinajstić information content (AvgIpc) is 1.38. The first-order valence-electron chi connectivity index (χ1n) is 1.92. The maximum atomic E-state index is 2.12. The highest BCUT2D eigenvalue weighted by atomic mass is 27.0. The van der Waals surface area contributed by atoms with Crippen LogP contribution in [0.3, 0.4) is 0 Å². The summed E-state index contributed by atoms with van der Waals surface area (Å²) < 4.78 is 0. The van der Waals surface area contributed by atoms with Crippen molar-refractivity contribution in [2.75, 3.05) is 20.6 Å². The zero-order chi connectivity index (χ0) is 4.28. The normalized spacial score (nSPS) is 8.00. The van der Waals surface area contributed by atoms with E-state index in [1.54, 1.807) is 0 Å². The van der Waals surface area contributed by atoms with Gasteiger partial charge in [0.15, 0.2) is 0 Å². The van der Waals surface area contributed by atoms with Gasteiger partial charge in [0.1, 0.15) is 0 Å². The number of hydrogen-bond acceptors (Lipinski definition) is 1. The zero-order valence-corrected chi connectivity index (χ0v) is 5.89. The number of nitrogens with zero attached hydrogens (tertiary/aromatic N) is 1. The Kier molecular flexibility index (Phi) is 8.88. The van der Waals surface area contributed by atoms with E-state index in [-0.39, 0.29) is 17.4 Å². The topological polar surface area (TPSA) is 3.24 Å². The van der Waals surface area contributed by atoms with E-state index in [0.29, 0.717) is 0 Å². The predicted molar refractivity (Wildman–Crippen MR) is 30.0 cm³/mol. The highest BCUT2D eigenvalue weighted by Gasteiger charge is 1.72. The van der Waals surface area contributed by atoms with Gasteiger partial charge in [-0.15, -0.1) is 0 Å². The smallest absolute Gasteiger partial charge is 0 e. The van der Waals surface area contributed by atoms with Crippen molar-refractivity contribution >= 4 is 17.4 Å². The first kappa shape index (κ1) is 9.70. The molecule has 0 N–H and O–H groups in total. The fourth-order valence-electron chi connectivity index (χ4n) is 0. The lowest BCUT2D eigenvalue weighted by molar-refractivity contribution is 0.434. The Morgan fingerprint density at radius 1 is 1.33 bits per heavy atom. The van der Waals surface area contributed by atoms with E-state index in [1.807, 2.05) is 0 Å². The minimum absolute atomic E-state index is 0. The van der Waals surface area contributed by atoms with Crippen LogP contribution in [0.5, 0.6) is 0 Å². The molecular formula is C4H11AlN. The van der Waals surface area contributed by atoms with Gasteiger partial charge in [-0.25, -0.2) is 0 Å². The quantitative estimate of drug-likeness (QED) is 0.425. The van der Waals surface area contributed by atoms with Crippen LogP contribution in [0.4, 0.5) is 0 Å². The molecule has 0 saturated carbocycles. The largest absolute Gasteiger partial charge is 0.310 e. The third kappa shape index (κ3) is 8.82. The maximum Gasteiger partial charge on any atom is 0 e. The molecule has 6 heavy (non-hydrogen) atoms. The molecule has 2 heteroatoms. The molecule has 0 saturated heterocycles. The molecule has 0 heterocycles. The molecule has 3 radical (unpaired) electrons. The van der Waals surface area contributed by atoms with Crippen molar-refractivity contribution in [2.24, 2.45) is 0 Å². The highest BCUT2D eigenvalue weighted by Crippen LogP contribution is 1.63. The average molecular weight is 100 g/mol. The predicted octanol–water partition coefficient (Wildman–Crippen LogP) is 0.187. The Morgan fingerprint density at radius 2 is 1.50 bits per heavy atom. The Hall–Kier alpha value is 0.492. The van der Waals surface area contributed by atoms with Gasteiger partial charge in [-0.1, -0.05) is 6.92 Å². The summed E-state index contributed by atoms with van der Waals surface area (Å²) in [5.74, 6) is 0. The van der Waals surface area contributed by atoms with E-state index in [9.17, 15) is 0 Å². The van der Waals surface area contributed by atoms with Crippen molar-refractivity contribution in [3.8, 4) is 0 Å². The zero-order valence-electron chi connectivity index (χ0n) is 4.73. The second-order valence-electron chi connectivity index (χ2n) is 1.40. The van der Waals surface area contributed by atoms with Gasteiger partial charge in [0, 0.05) is 17.4 Å². The van der Waals surface area contributed by atoms with Crippen LogP contribution in [0.2, 0.25) is 0 Å². The summed E-state index contributed by atoms with van der Waals surface area (Å²) in [6, 6.07) is 0. The monoisotopic (exact) mass is 100 g/mol. The van der Waals surface area contributed by atoms with Crippen LogP contribution in [-0.2, 0) is 0 Å². The van der Waals surface area contributed by atoms with Gasteiger partial charge in [-0.2, -0.15) is 0 Å². The molecule has 0 aromatic rings. The van der Waals surface area contributed by atoms with Crippen LogP contribution < -0.4 is 0 Å². The van der Waals surface area contributed by atoms with Crippen molar-refractivity contribution in [3.05, 3.63) is 0 Å². The molecule has 0 aromatic carbocycles. The van der Waals surface area contributed by atoms with Crippen LogP contribution >= 0.6 is 0 Å². The van der Waals surface area contributed by atoms with Crippen LogP contribution in [0.1, 0.15) is 6.92 Å². The number of rotatable bonds is 1. The van der Waals surface area contributed by atoms with Crippen molar-refractivity contribution in [2.45, 2.75) is 6.92 Å². The summed E-state index contributed by atoms with van der Waals surface area (Å²) in [6.45, 7) is 3.26. The van der Waals surface area contributed by atoms with Gasteiger partial charge >= 0.3 is 0 Å². The van der Waals surface area contributed by atoms with Crippen LogP contribution in [0.15, 0.2) is 0 Å². The molecule has 0 spiro atoms. The molecule has 1 nitrogen and oxygen atoms in total. The molecular weight excluding hydrogens is 89.0 g/mol. The van der Waals surface area contributed by atoms with Gasteiger partial charge in [0.25, 0.3) is 0 Å². The van der Waals surface area contributed by atoms with Gasteiger partial charge < -0.3 is 4.90 Å². The lowest BCUT2D eigenvalue weighted by Gasteiger charge is -2.00. The van der Waals surface area contributed by atoms with E-state index >= 15 is 0 Å². The molecule has 0 amide bonds. The summed E-state index contributed by atoms with van der Waals surface area (Å²) in [5, 5.41) is 0. The Labute approximate surface area is 50.5 Å². The first-order valence-corrected chi connectivity index (χ1v) is 1.92. The SMILES string of the molecule is CCN(C)C.[Al]. The standard InChI is InChI=1S/C4H11N.Al/c1-4-5(2)3;/h4H2,1-3H3;. The molecule has 0 bridgehead atoms. The third-order valence-electron chi connectivity index (χ3n) is 0.632. The van der Waals surface area contributed by atoms with Gasteiger partial charge in [0.05, 0.1) is 0 Å². The third-order valence-corrected chi connectivity index (χ3v) is 0.632. The summed E-state index contributed by atoms with van der Waals surface area (Å²) in [4.78, 5) is 2.12. The first-order chi connectivity index (χ1) is 2.27. The second kappa shape index (κ2) is 5.49. The molecule has 0 aliphatic rings. The van der Waals surface area contributed by atoms with Crippen molar-refractivity contribution < 1.29 is 0 Å². The molecule has 0 fully saturated rings. The second-order valence-corrected chi connectivity index (χ2v) is 1.40. The van der Waals surface area contributed by atoms with E-state index in [2.05, 4.69) is 25.9 Å². The molecule has 0 aliphatic carbocycles. The molecule has 0 rings (SSSR count).